The summed E-state index contributed by atoms with van der Waals surface area (Å²) in [5, 5.41) is 12.7. The van der Waals surface area contributed by atoms with Crippen LogP contribution >= 0.6 is 0 Å². The topological polar surface area (TPSA) is 82.1 Å². The third-order valence-electron chi connectivity index (χ3n) is 6.45. The molecule has 0 unspecified atom stereocenters. The van der Waals surface area contributed by atoms with Gasteiger partial charge in [0.1, 0.15) is 11.9 Å². The van der Waals surface area contributed by atoms with Crippen molar-refractivity contribution < 1.29 is 19.4 Å². The predicted octanol–water partition coefficient (Wildman–Crippen LogP) is 2.99. The van der Waals surface area contributed by atoms with Crippen molar-refractivity contribution in [2.24, 2.45) is 11.8 Å². The number of amides is 2. The second-order valence-corrected chi connectivity index (χ2v) is 9.42. The lowest BCUT2D eigenvalue weighted by Gasteiger charge is -2.37. The first-order valence-corrected chi connectivity index (χ1v) is 11.5. The average molecular weight is 432 g/mol. The fraction of sp³-hybridized carbons (Fsp3) is 0.667. The van der Waals surface area contributed by atoms with Crippen molar-refractivity contribution >= 4 is 17.5 Å². The van der Waals surface area contributed by atoms with E-state index in [1.807, 2.05) is 27.1 Å². The van der Waals surface area contributed by atoms with Crippen LogP contribution in [0.3, 0.4) is 0 Å². The highest BCUT2D eigenvalue weighted by Crippen LogP contribution is 2.31. The van der Waals surface area contributed by atoms with E-state index < -0.39 is 0 Å². The van der Waals surface area contributed by atoms with Crippen LogP contribution in [0.15, 0.2) is 18.2 Å². The quantitative estimate of drug-likeness (QED) is 0.724. The van der Waals surface area contributed by atoms with Crippen LogP contribution in [-0.4, -0.2) is 72.7 Å². The van der Waals surface area contributed by atoms with Gasteiger partial charge in [0.05, 0.1) is 18.2 Å². The summed E-state index contributed by atoms with van der Waals surface area (Å²) in [5.41, 5.74) is 1.04. The number of anilines is 1. The molecule has 0 aromatic heterocycles. The average Bonchev–Trinajstić information content (AvgIpc) is 2.76. The Bertz CT molecular complexity index is 776. The molecule has 0 spiro atoms. The lowest BCUT2D eigenvalue weighted by molar-refractivity contribution is -0.120. The molecule has 1 aromatic rings. The number of fused-ring (bicyclic) bond motifs is 1. The van der Waals surface area contributed by atoms with Crippen molar-refractivity contribution in [3.05, 3.63) is 23.8 Å². The number of likely N-dealkylation sites (N-methyl/N-ethyl adjacent to an activating group) is 1. The summed E-state index contributed by atoms with van der Waals surface area (Å²) < 4.78 is 6.30. The first-order chi connectivity index (χ1) is 14.8. The number of carbonyl (C=O) groups excluding carboxylic acids is 2. The molecule has 1 heterocycles. The van der Waals surface area contributed by atoms with E-state index in [0.29, 0.717) is 23.5 Å². The van der Waals surface area contributed by atoms with Crippen LogP contribution in [0.4, 0.5) is 5.69 Å². The highest BCUT2D eigenvalue weighted by molar-refractivity contribution is 6.00. The molecule has 2 aliphatic rings. The molecule has 172 valence electrons. The fourth-order valence-electron chi connectivity index (χ4n) is 4.49. The standard InChI is InChI=1S/C24H37N3O4/c1-16-13-27(17(2)15-28)24(30)20-12-19(25-23(29)18-8-6-5-7-9-18)10-11-21(20)31-22(16)14-26(3)4/h10-12,16-18,22,28H,5-9,13-15H2,1-4H3,(H,25,29)/t16-,17+,22-/m1/s1. The van der Waals surface area contributed by atoms with Crippen molar-refractivity contribution in [2.45, 2.75) is 58.1 Å². The van der Waals surface area contributed by atoms with Gasteiger partial charge in [-0.15, -0.1) is 0 Å². The number of hydrogen-bond acceptors (Lipinski definition) is 5. The monoisotopic (exact) mass is 431 g/mol. The van der Waals surface area contributed by atoms with Gasteiger partial charge in [-0.2, -0.15) is 0 Å². The Hall–Kier alpha value is -2.12. The summed E-state index contributed by atoms with van der Waals surface area (Å²) in [6.45, 7) is 5.03. The van der Waals surface area contributed by atoms with Crippen molar-refractivity contribution in [3.63, 3.8) is 0 Å². The summed E-state index contributed by atoms with van der Waals surface area (Å²) in [4.78, 5) is 29.9. The lowest BCUT2D eigenvalue weighted by Crippen LogP contribution is -2.49. The molecule has 0 radical (unpaired) electrons. The van der Waals surface area contributed by atoms with E-state index in [0.717, 1.165) is 32.2 Å². The molecule has 7 nitrogen and oxygen atoms in total. The number of nitrogens with one attached hydrogen (secondary N) is 1. The van der Waals surface area contributed by atoms with E-state index in [9.17, 15) is 14.7 Å². The lowest BCUT2D eigenvalue weighted by atomic mass is 9.88. The van der Waals surface area contributed by atoms with Crippen molar-refractivity contribution in [3.8, 4) is 5.75 Å². The Morgan fingerprint density at radius 2 is 2.00 bits per heavy atom. The van der Waals surface area contributed by atoms with Crippen LogP contribution in [0, 0.1) is 11.8 Å². The molecule has 1 saturated carbocycles. The highest BCUT2D eigenvalue weighted by atomic mass is 16.5. The fourth-order valence-corrected chi connectivity index (χ4v) is 4.49. The molecular formula is C24H37N3O4. The molecule has 2 N–H and O–H groups in total. The maximum Gasteiger partial charge on any atom is 0.258 e. The van der Waals surface area contributed by atoms with Crippen LogP contribution in [0.1, 0.15) is 56.3 Å². The predicted molar refractivity (Wildman–Crippen MR) is 121 cm³/mol. The summed E-state index contributed by atoms with van der Waals surface area (Å²) in [7, 11) is 4.00. The molecular weight excluding hydrogens is 394 g/mol. The number of carbonyl (C=O) groups is 2. The molecule has 2 amide bonds. The van der Waals surface area contributed by atoms with Gasteiger partial charge < -0.3 is 25.0 Å². The first kappa shape index (κ1) is 23.5. The van der Waals surface area contributed by atoms with Crippen molar-refractivity contribution in [1.82, 2.24) is 9.80 Å². The van der Waals surface area contributed by atoms with E-state index in [1.165, 1.54) is 6.42 Å². The minimum absolute atomic E-state index is 0.0264. The normalized spacial score (nSPS) is 23.5. The molecule has 1 aliphatic heterocycles. The molecule has 31 heavy (non-hydrogen) atoms. The molecule has 1 aliphatic carbocycles. The van der Waals surface area contributed by atoms with Crippen LogP contribution in [0.2, 0.25) is 0 Å². The number of benzene rings is 1. The van der Waals surface area contributed by atoms with Crippen LogP contribution < -0.4 is 10.1 Å². The van der Waals surface area contributed by atoms with Gasteiger partial charge in [-0.1, -0.05) is 26.2 Å². The van der Waals surface area contributed by atoms with Gasteiger partial charge in [0.2, 0.25) is 5.91 Å². The Kier molecular flexibility index (Phi) is 7.94. The zero-order valence-corrected chi connectivity index (χ0v) is 19.3. The third kappa shape index (κ3) is 5.77. The Labute approximate surface area is 185 Å². The number of ether oxygens (including phenoxy) is 1. The molecule has 3 atom stereocenters. The van der Waals surface area contributed by atoms with Gasteiger partial charge >= 0.3 is 0 Å². The minimum atomic E-state index is -0.304. The SMILES string of the molecule is C[C@@H]1CN([C@@H](C)CO)C(=O)c2cc(NC(=O)C3CCCCC3)ccc2O[C@@H]1CN(C)C. The largest absolute Gasteiger partial charge is 0.488 e. The van der Waals surface area contributed by atoms with E-state index in [2.05, 4.69) is 17.1 Å². The molecule has 3 rings (SSSR count). The molecule has 0 saturated heterocycles. The smallest absolute Gasteiger partial charge is 0.258 e. The van der Waals surface area contributed by atoms with E-state index in [1.54, 1.807) is 17.0 Å². The van der Waals surface area contributed by atoms with E-state index >= 15 is 0 Å². The minimum Gasteiger partial charge on any atom is -0.488 e. The molecule has 1 aromatic carbocycles. The number of hydrogen-bond donors (Lipinski definition) is 2. The van der Waals surface area contributed by atoms with Gasteiger partial charge in [0.15, 0.2) is 0 Å². The van der Waals surface area contributed by atoms with Gasteiger partial charge in [-0.3, -0.25) is 9.59 Å². The second kappa shape index (κ2) is 10.5. The Morgan fingerprint density at radius 3 is 2.65 bits per heavy atom. The molecule has 1 fully saturated rings. The molecule has 0 bridgehead atoms. The summed E-state index contributed by atoms with van der Waals surface area (Å²) >= 11 is 0. The van der Waals surface area contributed by atoms with Crippen LogP contribution in [0.25, 0.3) is 0 Å². The van der Waals surface area contributed by atoms with E-state index in [4.69, 9.17) is 4.74 Å². The van der Waals surface area contributed by atoms with E-state index in [-0.39, 0.29) is 42.4 Å². The maximum atomic E-state index is 13.4. The zero-order valence-electron chi connectivity index (χ0n) is 19.3. The van der Waals surface area contributed by atoms with Gasteiger partial charge in [-0.05, 0) is 52.1 Å². The highest BCUT2D eigenvalue weighted by Gasteiger charge is 2.33. The Morgan fingerprint density at radius 1 is 1.29 bits per heavy atom. The maximum absolute atomic E-state index is 13.4. The second-order valence-electron chi connectivity index (χ2n) is 9.42. The number of rotatable bonds is 6. The number of nitrogens with zero attached hydrogens (tertiary/aromatic N) is 2. The van der Waals surface area contributed by atoms with Crippen LogP contribution in [0.5, 0.6) is 5.75 Å². The molecule has 7 heteroatoms. The zero-order chi connectivity index (χ0) is 22.5. The summed E-state index contributed by atoms with van der Waals surface area (Å²) in [6, 6.07) is 5.01. The van der Waals surface area contributed by atoms with Crippen molar-refractivity contribution in [2.75, 3.05) is 39.1 Å². The van der Waals surface area contributed by atoms with Gasteiger partial charge in [-0.25, -0.2) is 0 Å². The third-order valence-corrected chi connectivity index (χ3v) is 6.45. The first-order valence-electron chi connectivity index (χ1n) is 11.5. The Balaban J connectivity index is 1.90. The number of aliphatic hydroxyl groups is 1. The van der Waals surface area contributed by atoms with Gasteiger partial charge in [0, 0.05) is 30.6 Å². The van der Waals surface area contributed by atoms with Crippen LogP contribution in [-0.2, 0) is 4.79 Å². The summed E-state index contributed by atoms with van der Waals surface area (Å²) in [5.74, 6) is 0.506. The van der Waals surface area contributed by atoms with Crippen molar-refractivity contribution in [1.29, 1.82) is 0 Å². The van der Waals surface area contributed by atoms with Gasteiger partial charge in [0.25, 0.3) is 5.91 Å². The summed E-state index contributed by atoms with van der Waals surface area (Å²) in [6.07, 6.45) is 5.12. The number of aliphatic hydroxyl groups excluding tert-OH is 1.